The maximum Gasteiger partial charge on any atom is 0.165 e. The van der Waals surface area contributed by atoms with E-state index >= 15 is 0 Å². The number of phenols is 1. The smallest absolute Gasteiger partial charge is 0.165 e. The molecule has 0 aliphatic heterocycles. The molecule has 0 atom stereocenters. The molecule has 0 fully saturated rings. The second-order valence-corrected chi connectivity index (χ2v) is 6.69. The van der Waals surface area contributed by atoms with Crippen LogP contribution >= 0.6 is 0 Å². The summed E-state index contributed by atoms with van der Waals surface area (Å²) < 4.78 is 13.9. The molecular formula is C21H17FN2O. The van der Waals surface area contributed by atoms with Crippen molar-refractivity contribution < 1.29 is 9.50 Å². The molecule has 0 radical (unpaired) electrons. The summed E-state index contributed by atoms with van der Waals surface area (Å²) in [5, 5.41) is 11.9. The van der Waals surface area contributed by atoms with Gasteiger partial charge in [0.2, 0.25) is 0 Å². The van der Waals surface area contributed by atoms with Crippen molar-refractivity contribution >= 4 is 21.8 Å². The van der Waals surface area contributed by atoms with Crippen molar-refractivity contribution in [3.05, 3.63) is 59.5 Å². The number of benzene rings is 2. The second-order valence-electron chi connectivity index (χ2n) is 6.69. The van der Waals surface area contributed by atoms with Crippen molar-refractivity contribution in [2.45, 2.75) is 25.7 Å². The second kappa shape index (κ2) is 5.31. The van der Waals surface area contributed by atoms with Gasteiger partial charge in [-0.2, -0.15) is 0 Å². The van der Waals surface area contributed by atoms with Gasteiger partial charge in [-0.3, -0.25) is 0 Å². The number of phenolic OH excluding ortho intramolecular Hbond substituents is 1. The molecule has 5 rings (SSSR count). The number of aromatic nitrogens is 2. The molecule has 25 heavy (non-hydrogen) atoms. The lowest BCUT2D eigenvalue weighted by molar-refractivity contribution is 0.432. The molecule has 4 aromatic rings. The molecule has 0 saturated heterocycles. The summed E-state index contributed by atoms with van der Waals surface area (Å²) in [6.45, 7) is 0. The minimum absolute atomic E-state index is 0.326. The summed E-state index contributed by atoms with van der Waals surface area (Å²) in [6.07, 6.45) is 6.22. The zero-order chi connectivity index (χ0) is 17.0. The Morgan fingerprint density at radius 1 is 1.00 bits per heavy atom. The maximum absolute atomic E-state index is 13.9. The highest BCUT2D eigenvalue weighted by Gasteiger charge is 2.21. The lowest BCUT2D eigenvalue weighted by atomic mass is 9.85. The van der Waals surface area contributed by atoms with Crippen molar-refractivity contribution in [3.8, 4) is 17.0 Å². The molecule has 2 heterocycles. The fraction of sp³-hybridized carbons (Fsp3) is 0.190. The number of aryl methyl sites for hydroxylation is 1. The first-order valence-electron chi connectivity index (χ1n) is 8.63. The van der Waals surface area contributed by atoms with Gasteiger partial charge in [0.05, 0.1) is 11.2 Å². The van der Waals surface area contributed by atoms with Crippen LogP contribution in [0.4, 0.5) is 4.39 Å². The topological polar surface area (TPSA) is 48.9 Å². The highest BCUT2D eigenvalue weighted by molar-refractivity contribution is 6.08. The third-order valence-electron chi connectivity index (χ3n) is 5.22. The lowest BCUT2D eigenvalue weighted by Crippen LogP contribution is -2.08. The molecule has 2 aromatic heterocycles. The van der Waals surface area contributed by atoms with E-state index in [2.05, 4.69) is 11.1 Å². The Morgan fingerprint density at radius 3 is 2.68 bits per heavy atom. The Bertz CT molecular complexity index is 1130. The predicted octanol–water partition coefficient (Wildman–Crippen LogP) is 5.11. The minimum atomic E-state index is -0.606. The quantitative estimate of drug-likeness (QED) is 0.509. The van der Waals surface area contributed by atoms with E-state index in [1.807, 2.05) is 18.3 Å². The summed E-state index contributed by atoms with van der Waals surface area (Å²) in [5.41, 5.74) is 6.18. The zero-order valence-electron chi connectivity index (χ0n) is 13.6. The molecule has 0 spiro atoms. The number of nitrogens with zero attached hydrogens (tertiary/aromatic N) is 1. The maximum atomic E-state index is 13.9. The van der Waals surface area contributed by atoms with E-state index in [4.69, 9.17) is 4.98 Å². The van der Waals surface area contributed by atoms with Crippen LogP contribution in [0.2, 0.25) is 0 Å². The van der Waals surface area contributed by atoms with Crippen LogP contribution in [0.25, 0.3) is 33.1 Å². The number of fused-ring (bicyclic) bond motifs is 5. The lowest BCUT2D eigenvalue weighted by Gasteiger charge is -2.22. The first-order valence-corrected chi connectivity index (χ1v) is 8.63. The van der Waals surface area contributed by atoms with E-state index < -0.39 is 5.82 Å². The number of hydrogen-bond donors (Lipinski definition) is 2. The van der Waals surface area contributed by atoms with Crippen LogP contribution in [-0.2, 0) is 12.8 Å². The molecule has 4 heteroatoms. The van der Waals surface area contributed by atoms with Gasteiger partial charge >= 0.3 is 0 Å². The van der Waals surface area contributed by atoms with Crippen LogP contribution in [0, 0.1) is 5.82 Å². The number of halogens is 1. The van der Waals surface area contributed by atoms with Crippen LogP contribution in [0.3, 0.4) is 0 Å². The third-order valence-corrected chi connectivity index (χ3v) is 5.22. The number of nitrogens with one attached hydrogen (secondary N) is 1. The molecule has 0 amide bonds. The Morgan fingerprint density at radius 2 is 1.84 bits per heavy atom. The summed E-state index contributed by atoms with van der Waals surface area (Å²) >= 11 is 0. The van der Waals surface area contributed by atoms with Gasteiger partial charge < -0.3 is 10.1 Å². The van der Waals surface area contributed by atoms with Crippen LogP contribution in [0.15, 0.2) is 42.6 Å². The zero-order valence-corrected chi connectivity index (χ0v) is 13.6. The van der Waals surface area contributed by atoms with Crippen molar-refractivity contribution in [1.29, 1.82) is 0 Å². The number of aromatic amines is 1. The number of H-pyrrole nitrogens is 1. The summed E-state index contributed by atoms with van der Waals surface area (Å²) in [6, 6.07) is 10.7. The number of pyridine rings is 1. The van der Waals surface area contributed by atoms with E-state index in [-0.39, 0.29) is 5.75 Å². The molecule has 0 bridgehead atoms. The highest BCUT2D eigenvalue weighted by Crippen LogP contribution is 2.38. The van der Waals surface area contributed by atoms with Gasteiger partial charge in [-0.15, -0.1) is 0 Å². The summed E-state index contributed by atoms with van der Waals surface area (Å²) in [4.78, 5) is 8.17. The van der Waals surface area contributed by atoms with E-state index in [0.29, 0.717) is 0 Å². The SMILES string of the molecule is Oc1ccc(-c2nc3ccc4[nH]ccc4c3c3c2CCCC3)cc1F. The monoisotopic (exact) mass is 332 g/mol. The Hall–Kier alpha value is -2.88. The van der Waals surface area contributed by atoms with Gasteiger partial charge in [-0.1, -0.05) is 0 Å². The molecule has 1 aliphatic rings. The highest BCUT2D eigenvalue weighted by atomic mass is 19.1. The van der Waals surface area contributed by atoms with Gasteiger partial charge in [0.25, 0.3) is 0 Å². The molecular weight excluding hydrogens is 315 g/mol. The van der Waals surface area contributed by atoms with Crippen LogP contribution in [0.1, 0.15) is 24.0 Å². The average Bonchev–Trinajstić information content (AvgIpc) is 3.12. The van der Waals surface area contributed by atoms with Crippen LogP contribution in [0.5, 0.6) is 5.75 Å². The average molecular weight is 332 g/mol. The molecule has 2 N–H and O–H groups in total. The number of hydrogen-bond acceptors (Lipinski definition) is 2. The normalized spacial score (nSPS) is 14.1. The standard InChI is InChI=1S/C21H17FN2O/c22-16-11-12(5-8-19(16)25)21-14-4-2-1-3-13(14)20-15-9-10-23-17(15)6-7-18(20)24-21/h5-11,23,25H,1-4H2. The van der Waals surface area contributed by atoms with Gasteiger partial charge in [0.1, 0.15) is 0 Å². The minimum Gasteiger partial charge on any atom is -0.505 e. The fourth-order valence-corrected chi connectivity index (χ4v) is 4.06. The molecule has 0 unspecified atom stereocenters. The van der Waals surface area contributed by atoms with Gasteiger partial charge in [0, 0.05) is 28.0 Å². The first kappa shape index (κ1) is 14.5. The van der Waals surface area contributed by atoms with Gasteiger partial charge in [0.15, 0.2) is 11.6 Å². The number of aromatic hydroxyl groups is 1. The predicted molar refractivity (Wildman–Crippen MR) is 97.3 cm³/mol. The molecule has 0 saturated carbocycles. The summed E-state index contributed by atoms with van der Waals surface area (Å²) in [7, 11) is 0. The fourth-order valence-electron chi connectivity index (χ4n) is 4.06. The largest absolute Gasteiger partial charge is 0.505 e. The van der Waals surface area contributed by atoms with Crippen molar-refractivity contribution in [1.82, 2.24) is 9.97 Å². The van der Waals surface area contributed by atoms with Crippen molar-refractivity contribution in [2.24, 2.45) is 0 Å². The van der Waals surface area contributed by atoms with Crippen LogP contribution < -0.4 is 0 Å². The van der Waals surface area contributed by atoms with E-state index in [0.717, 1.165) is 48.0 Å². The van der Waals surface area contributed by atoms with E-state index in [9.17, 15) is 9.50 Å². The molecule has 124 valence electrons. The molecule has 2 aromatic carbocycles. The van der Waals surface area contributed by atoms with Crippen molar-refractivity contribution in [2.75, 3.05) is 0 Å². The van der Waals surface area contributed by atoms with Crippen LogP contribution in [-0.4, -0.2) is 15.1 Å². The first-order chi connectivity index (χ1) is 12.2. The van der Waals surface area contributed by atoms with Gasteiger partial charge in [-0.05, 0) is 73.2 Å². The third kappa shape index (κ3) is 2.14. The Kier molecular flexibility index (Phi) is 3.07. The Labute approximate surface area is 144 Å². The molecule has 1 aliphatic carbocycles. The van der Waals surface area contributed by atoms with E-state index in [1.54, 1.807) is 6.07 Å². The van der Waals surface area contributed by atoms with Gasteiger partial charge in [-0.25, -0.2) is 9.37 Å². The van der Waals surface area contributed by atoms with Crippen molar-refractivity contribution in [3.63, 3.8) is 0 Å². The number of rotatable bonds is 1. The summed E-state index contributed by atoms with van der Waals surface area (Å²) in [5.74, 6) is -0.933. The Balaban J connectivity index is 1.88. The molecule has 3 nitrogen and oxygen atoms in total. The van der Waals surface area contributed by atoms with E-state index in [1.165, 1.54) is 34.0 Å².